The van der Waals surface area contributed by atoms with E-state index in [1.165, 1.54) is 24.3 Å². The summed E-state index contributed by atoms with van der Waals surface area (Å²) in [6.07, 6.45) is -0.312. The van der Waals surface area contributed by atoms with Crippen LogP contribution in [0.25, 0.3) is 22.2 Å². The van der Waals surface area contributed by atoms with Crippen molar-refractivity contribution in [3.8, 4) is 11.3 Å². The first-order valence-corrected chi connectivity index (χ1v) is 6.33. The van der Waals surface area contributed by atoms with Gasteiger partial charge in [-0.15, -0.1) is 0 Å². The van der Waals surface area contributed by atoms with Gasteiger partial charge in [0.1, 0.15) is 11.6 Å². The molecule has 106 valence electrons. The van der Waals surface area contributed by atoms with Gasteiger partial charge in [-0.3, -0.25) is 4.79 Å². The van der Waals surface area contributed by atoms with Gasteiger partial charge in [0, 0.05) is 10.9 Å². The molecule has 3 aromatic rings. The van der Waals surface area contributed by atoms with E-state index in [1.54, 1.807) is 18.2 Å². The first-order valence-electron chi connectivity index (χ1n) is 6.33. The van der Waals surface area contributed by atoms with E-state index < -0.39 is 17.6 Å². The summed E-state index contributed by atoms with van der Waals surface area (Å²) in [6, 6.07) is 10.4. The Labute approximate surface area is 118 Å². The van der Waals surface area contributed by atoms with Crippen LogP contribution in [0, 0.1) is 11.6 Å². The standard InChI is InChI=1S/C16H11F2NO2/c17-12-6-2-1-4-10(12)15-11(8-14(20)21)9-5-3-7-13(18)16(9)19-15/h1-7,19H,8H2,(H,20,21). The number of carbonyl (C=O) groups is 1. The average molecular weight is 287 g/mol. The molecular weight excluding hydrogens is 276 g/mol. The summed E-state index contributed by atoms with van der Waals surface area (Å²) in [6.45, 7) is 0. The maximum absolute atomic E-state index is 14.0. The molecule has 0 aliphatic carbocycles. The minimum absolute atomic E-state index is 0.187. The molecule has 1 aromatic heterocycles. The van der Waals surface area contributed by atoms with Gasteiger partial charge in [0.15, 0.2) is 0 Å². The van der Waals surface area contributed by atoms with Gasteiger partial charge in [-0.05, 0) is 23.8 Å². The number of H-pyrrole nitrogens is 1. The zero-order chi connectivity index (χ0) is 15.0. The number of benzene rings is 2. The lowest BCUT2D eigenvalue weighted by Gasteiger charge is -2.04. The van der Waals surface area contributed by atoms with Crippen molar-refractivity contribution in [2.75, 3.05) is 0 Å². The Hall–Kier alpha value is -2.69. The quantitative estimate of drug-likeness (QED) is 0.771. The van der Waals surface area contributed by atoms with Gasteiger partial charge < -0.3 is 10.1 Å². The predicted octanol–water partition coefficient (Wildman–Crippen LogP) is 3.74. The van der Waals surface area contributed by atoms with E-state index in [-0.39, 0.29) is 17.5 Å². The number of rotatable bonds is 3. The first-order chi connectivity index (χ1) is 10.1. The summed E-state index contributed by atoms with van der Waals surface area (Å²) in [5, 5.41) is 9.51. The third-order valence-corrected chi connectivity index (χ3v) is 3.36. The van der Waals surface area contributed by atoms with Crippen LogP contribution in [0.5, 0.6) is 0 Å². The SMILES string of the molecule is O=C(O)Cc1c(-c2ccccc2F)[nH]c2c(F)cccc12. The van der Waals surface area contributed by atoms with Crippen LogP contribution in [0.2, 0.25) is 0 Å². The van der Waals surface area contributed by atoms with Crippen molar-refractivity contribution < 1.29 is 18.7 Å². The maximum Gasteiger partial charge on any atom is 0.307 e. The van der Waals surface area contributed by atoms with Crippen LogP contribution in [0.3, 0.4) is 0 Å². The smallest absolute Gasteiger partial charge is 0.307 e. The van der Waals surface area contributed by atoms with Crippen LogP contribution in [0.4, 0.5) is 8.78 Å². The number of hydrogen-bond acceptors (Lipinski definition) is 1. The van der Waals surface area contributed by atoms with E-state index in [9.17, 15) is 13.6 Å². The second kappa shape index (κ2) is 5.01. The molecule has 0 saturated carbocycles. The summed E-state index contributed by atoms with van der Waals surface area (Å²) in [5.74, 6) is -2.05. The fraction of sp³-hybridized carbons (Fsp3) is 0.0625. The third-order valence-electron chi connectivity index (χ3n) is 3.36. The molecule has 0 fully saturated rings. The lowest BCUT2D eigenvalue weighted by Crippen LogP contribution is -2.01. The van der Waals surface area contributed by atoms with Gasteiger partial charge in [0.05, 0.1) is 17.6 Å². The van der Waals surface area contributed by atoms with E-state index >= 15 is 0 Å². The minimum Gasteiger partial charge on any atom is -0.481 e. The van der Waals surface area contributed by atoms with Crippen molar-refractivity contribution in [3.63, 3.8) is 0 Å². The fourth-order valence-corrected chi connectivity index (χ4v) is 2.47. The molecule has 0 aliphatic rings. The van der Waals surface area contributed by atoms with Crippen molar-refractivity contribution in [3.05, 3.63) is 59.7 Å². The van der Waals surface area contributed by atoms with Gasteiger partial charge in [-0.2, -0.15) is 0 Å². The number of carboxylic acid groups (broad SMARTS) is 1. The van der Waals surface area contributed by atoms with Crippen LogP contribution >= 0.6 is 0 Å². The number of halogens is 2. The van der Waals surface area contributed by atoms with Crippen LogP contribution in [0.1, 0.15) is 5.56 Å². The summed E-state index contributed by atoms with van der Waals surface area (Å²) in [5.41, 5.74) is 1.09. The Kier molecular flexibility index (Phi) is 3.17. The van der Waals surface area contributed by atoms with Crippen molar-refractivity contribution in [2.24, 2.45) is 0 Å². The molecule has 0 amide bonds. The van der Waals surface area contributed by atoms with Gasteiger partial charge >= 0.3 is 5.97 Å². The highest BCUT2D eigenvalue weighted by molar-refractivity contribution is 5.94. The van der Waals surface area contributed by atoms with Crippen LogP contribution < -0.4 is 0 Å². The highest BCUT2D eigenvalue weighted by Crippen LogP contribution is 2.33. The molecule has 21 heavy (non-hydrogen) atoms. The summed E-state index contributed by atoms with van der Waals surface area (Å²) < 4.78 is 27.8. The second-order valence-electron chi connectivity index (χ2n) is 4.69. The normalized spacial score (nSPS) is 11.0. The first kappa shape index (κ1) is 13.3. The van der Waals surface area contributed by atoms with E-state index in [0.717, 1.165) is 0 Å². The Morgan fingerprint density at radius 1 is 1.05 bits per heavy atom. The summed E-state index contributed by atoms with van der Waals surface area (Å²) in [4.78, 5) is 13.9. The zero-order valence-corrected chi connectivity index (χ0v) is 10.9. The monoisotopic (exact) mass is 287 g/mol. The molecule has 5 heteroatoms. The maximum atomic E-state index is 14.0. The van der Waals surface area contributed by atoms with Gasteiger partial charge in [-0.25, -0.2) is 8.78 Å². The molecule has 0 spiro atoms. The zero-order valence-electron chi connectivity index (χ0n) is 10.9. The Morgan fingerprint density at radius 3 is 2.48 bits per heavy atom. The number of aromatic amines is 1. The molecule has 3 rings (SSSR count). The molecule has 0 radical (unpaired) electrons. The lowest BCUT2D eigenvalue weighted by atomic mass is 10.0. The highest BCUT2D eigenvalue weighted by Gasteiger charge is 2.19. The average Bonchev–Trinajstić information content (AvgIpc) is 2.79. The molecule has 0 aliphatic heterocycles. The molecule has 0 unspecified atom stereocenters. The van der Waals surface area contributed by atoms with Crippen LogP contribution in [-0.2, 0) is 11.2 Å². The molecule has 1 heterocycles. The van der Waals surface area contributed by atoms with E-state index in [4.69, 9.17) is 5.11 Å². The molecule has 2 aromatic carbocycles. The van der Waals surface area contributed by atoms with Crippen molar-refractivity contribution in [2.45, 2.75) is 6.42 Å². The Bertz CT molecular complexity index is 839. The molecular formula is C16H11F2NO2. The number of aliphatic carboxylic acids is 1. The van der Waals surface area contributed by atoms with Gasteiger partial charge in [0.25, 0.3) is 0 Å². The second-order valence-corrected chi connectivity index (χ2v) is 4.69. The molecule has 3 nitrogen and oxygen atoms in total. The van der Waals surface area contributed by atoms with E-state index in [0.29, 0.717) is 16.6 Å². The molecule has 2 N–H and O–H groups in total. The minimum atomic E-state index is -1.06. The largest absolute Gasteiger partial charge is 0.481 e. The van der Waals surface area contributed by atoms with E-state index in [1.807, 2.05) is 0 Å². The number of fused-ring (bicyclic) bond motifs is 1. The fourth-order valence-electron chi connectivity index (χ4n) is 2.47. The van der Waals surface area contributed by atoms with Crippen molar-refractivity contribution in [1.29, 1.82) is 0 Å². The van der Waals surface area contributed by atoms with Crippen LogP contribution in [0.15, 0.2) is 42.5 Å². The Morgan fingerprint density at radius 2 is 1.76 bits per heavy atom. The molecule has 0 bridgehead atoms. The Balaban J connectivity index is 2.33. The molecule has 0 atom stereocenters. The van der Waals surface area contributed by atoms with Gasteiger partial charge in [0.2, 0.25) is 0 Å². The topological polar surface area (TPSA) is 53.1 Å². The van der Waals surface area contributed by atoms with Gasteiger partial charge in [-0.1, -0.05) is 24.3 Å². The molecule has 0 saturated heterocycles. The number of nitrogens with one attached hydrogen (secondary N) is 1. The number of carboxylic acids is 1. The summed E-state index contributed by atoms with van der Waals surface area (Å²) in [7, 11) is 0. The van der Waals surface area contributed by atoms with Crippen molar-refractivity contribution >= 4 is 16.9 Å². The van der Waals surface area contributed by atoms with E-state index in [2.05, 4.69) is 4.98 Å². The number of hydrogen-bond donors (Lipinski definition) is 2. The highest BCUT2D eigenvalue weighted by atomic mass is 19.1. The third kappa shape index (κ3) is 2.27. The van der Waals surface area contributed by atoms with Crippen LogP contribution in [-0.4, -0.2) is 16.1 Å². The predicted molar refractivity (Wildman–Crippen MR) is 75.0 cm³/mol. The lowest BCUT2D eigenvalue weighted by molar-refractivity contribution is -0.136. The summed E-state index contributed by atoms with van der Waals surface area (Å²) >= 11 is 0. The van der Waals surface area contributed by atoms with Crippen molar-refractivity contribution in [1.82, 2.24) is 4.98 Å². The number of aromatic nitrogens is 1. The number of para-hydroxylation sites is 1.